The van der Waals surface area contributed by atoms with E-state index in [9.17, 15) is 14.7 Å². The first-order chi connectivity index (χ1) is 13.8. The van der Waals surface area contributed by atoms with E-state index in [1.807, 2.05) is 38.1 Å². The van der Waals surface area contributed by atoms with Gasteiger partial charge in [0.2, 0.25) is 5.52 Å². The Morgan fingerprint density at radius 2 is 1.90 bits per heavy atom. The molecule has 4 aromatic rings. The van der Waals surface area contributed by atoms with Crippen LogP contribution in [0.25, 0.3) is 22.2 Å². The number of nitrogens with zero attached hydrogens (tertiary/aromatic N) is 2. The maximum atomic E-state index is 12.3. The van der Waals surface area contributed by atoms with E-state index in [1.165, 1.54) is 0 Å². The predicted molar refractivity (Wildman–Crippen MR) is 111 cm³/mol. The third kappa shape index (κ3) is 3.79. The fourth-order valence-electron chi connectivity index (χ4n) is 3.50. The van der Waals surface area contributed by atoms with Crippen LogP contribution in [0.2, 0.25) is 5.02 Å². The quantitative estimate of drug-likeness (QED) is 0.352. The molecule has 148 valence electrons. The molecule has 2 aromatic heterocycles. The lowest BCUT2D eigenvalue weighted by Crippen LogP contribution is -2.45. The molecule has 0 aliphatic carbocycles. The van der Waals surface area contributed by atoms with Gasteiger partial charge in [0.25, 0.3) is 5.56 Å². The third-order valence-electron chi connectivity index (χ3n) is 5.04. The Kier molecular flexibility index (Phi) is 4.94. The average molecular weight is 412 g/mol. The van der Waals surface area contributed by atoms with Crippen molar-refractivity contribution in [2.75, 3.05) is 0 Å². The van der Waals surface area contributed by atoms with Crippen LogP contribution in [0.4, 0.5) is 0 Å². The van der Waals surface area contributed by atoms with Gasteiger partial charge < -0.3 is 5.11 Å². The Hall–Kier alpha value is -3.03. The van der Waals surface area contributed by atoms with Crippen molar-refractivity contribution >= 4 is 33.8 Å². The maximum absolute atomic E-state index is 12.3. The fourth-order valence-corrected chi connectivity index (χ4v) is 3.71. The number of fused-ring (bicyclic) bond motifs is 2. The van der Waals surface area contributed by atoms with Crippen LogP contribution >= 0.6 is 11.6 Å². The number of hydrogen-bond acceptors (Lipinski definition) is 4. The van der Waals surface area contributed by atoms with E-state index in [0.29, 0.717) is 17.0 Å². The number of H-pyrrole nitrogens is 2. The van der Waals surface area contributed by atoms with Crippen molar-refractivity contribution in [3.63, 3.8) is 0 Å². The Bertz CT molecular complexity index is 1360. The van der Waals surface area contributed by atoms with Gasteiger partial charge in [-0.2, -0.15) is 4.98 Å². The Balaban J connectivity index is 1.88. The van der Waals surface area contributed by atoms with Gasteiger partial charge in [-0.25, -0.2) is 14.3 Å². The Morgan fingerprint density at radius 1 is 1.14 bits per heavy atom. The van der Waals surface area contributed by atoms with E-state index < -0.39 is 17.4 Å². The van der Waals surface area contributed by atoms with Crippen LogP contribution < -0.4 is 15.8 Å². The summed E-state index contributed by atoms with van der Waals surface area (Å²) in [6, 6.07) is 11.1. The van der Waals surface area contributed by atoms with E-state index in [0.717, 1.165) is 22.2 Å². The first kappa shape index (κ1) is 19.3. The van der Waals surface area contributed by atoms with Gasteiger partial charge >= 0.3 is 11.3 Å². The number of rotatable bonds is 4. The van der Waals surface area contributed by atoms with Crippen LogP contribution in [0.5, 0.6) is 0 Å². The summed E-state index contributed by atoms with van der Waals surface area (Å²) in [5.41, 5.74) is 3.54. The van der Waals surface area contributed by atoms with Gasteiger partial charge in [-0.05, 0) is 54.8 Å². The molecule has 29 heavy (non-hydrogen) atoms. The Morgan fingerprint density at radius 3 is 2.66 bits per heavy atom. The van der Waals surface area contributed by atoms with Gasteiger partial charge in [0.15, 0.2) is 5.52 Å². The van der Waals surface area contributed by atoms with Crippen molar-refractivity contribution in [1.82, 2.24) is 15.0 Å². The highest BCUT2D eigenvalue weighted by molar-refractivity contribution is 6.30. The number of aromatic amines is 2. The number of aryl methyl sites for hydroxylation is 2. The first-order valence-corrected chi connectivity index (χ1v) is 9.59. The topological polar surface area (TPSA) is 103 Å². The summed E-state index contributed by atoms with van der Waals surface area (Å²) < 4.78 is 1.75. The lowest BCUT2D eigenvalue weighted by atomic mass is 10.1. The number of halogens is 1. The second kappa shape index (κ2) is 7.42. The van der Waals surface area contributed by atoms with Gasteiger partial charge in [0.05, 0.1) is 6.10 Å². The van der Waals surface area contributed by atoms with Crippen molar-refractivity contribution in [1.29, 1.82) is 0 Å². The molecule has 1 unspecified atom stereocenters. The lowest BCUT2D eigenvalue weighted by Gasteiger charge is -2.13. The van der Waals surface area contributed by atoms with Gasteiger partial charge in [-0.1, -0.05) is 23.7 Å². The van der Waals surface area contributed by atoms with Crippen LogP contribution in [-0.4, -0.2) is 26.2 Å². The lowest BCUT2D eigenvalue weighted by molar-refractivity contribution is -0.655. The minimum absolute atomic E-state index is 0.121. The van der Waals surface area contributed by atoms with Crippen LogP contribution in [0, 0.1) is 13.8 Å². The third-order valence-corrected chi connectivity index (χ3v) is 5.27. The molecule has 0 spiro atoms. The van der Waals surface area contributed by atoms with E-state index >= 15 is 0 Å². The second-order valence-electron chi connectivity index (χ2n) is 7.24. The highest BCUT2D eigenvalue weighted by atomic mass is 35.5. The standard InChI is InChI=1S/C21H19ClN4O3/c1-11-6-16-17(7-12(11)2)26(19-18(23-16)20(28)25-21(29)24-19)10-15(27)9-13-4-3-5-14(22)8-13/h3-8,15,27H,9-10H2,1-2H3,(H,25,28,29)/p+1. The minimum atomic E-state index is -0.767. The largest absolute Gasteiger partial charge is 0.413 e. The molecule has 0 saturated heterocycles. The maximum Gasteiger partial charge on any atom is 0.413 e. The first-order valence-electron chi connectivity index (χ1n) is 9.21. The number of aliphatic hydroxyl groups is 1. The molecule has 2 heterocycles. The summed E-state index contributed by atoms with van der Waals surface area (Å²) >= 11 is 6.04. The molecule has 0 aliphatic rings. The van der Waals surface area contributed by atoms with E-state index in [2.05, 4.69) is 15.0 Å². The SMILES string of the molecule is Cc1cc2nc3c(=O)[nH]c(=O)[nH]c3[n+](CC(O)Cc3cccc(Cl)c3)c2cc1C. The zero-order valence-electron chi connectivity index (χ0n) is 16.0. The van der Waals surface area contributed by atoms with Gasteiger partial charge in [-0.3, -0.25) is 9.78 Å². The summed E-state index contributed by atoms with van der Waals surface area (Å²) in [6.45, 7) is 4.12. The molecule has 0 aliphatic heterocycles. The highest BCUT2D eigenvalue weighted by Crippen LogP contribution is 2.17. The molecule has 0 radical (unpaired) electrons. The number of benzene rings is 2. The summed E-state index contributed by atoms with van der Waals surface area (Å²) in [6.07, 6.45) is -0.395. The molecule has 0 amide bonds. The molecule has 0 bridgehead atoms. The zero-order valence-corrected chi connectivity index (χ0v) is 16.7. The monoisotopic (exact) mass is 411 g/mol. The normalized spacial score (nSPS) is 12.6. The number of hydrogen-bond donors (Lipinski definition) is 3. The highest BCUT2D eigenvalue weighted by Gasteiger charge is 2.22. The van der Waals surface area contributed by atoms with E-state index in [4.69, 9.17) is 11.6 Å². The van der Waals surface area contributed by atoms with Crippen molar-refractivity contribution in [2.24, 2.45) is 0 Å². The molecule has 7 nitrogen and oxygen atoms in total. The second-order valence-corrected chi connectivity index (χ2v) is 7.68. The predicted octanol–water partition coefficient (Wildman–Crippen LogP) is 1.93. The summed E-state index contributed by atoms with van der Waals surface area (Å²) in [4.78, 5) is 33.6. The smallest absolute Gasteiger partial charge is 0.389 e. The molecule has 2 aromatic carbocycles. The van der Waals surface area contributed by atoms with Crippen molar-refractivity contribution < 1.29 is 9.67 Å². The van der Waals surface area contributed by atoms with Crippen molar-refractivity contribution in [3.05, 3.63) is 78.9 Å². The number of nitrogens with one attached hydrogen (secondary N) is 2. The minimum Gasteiger partial charge on any atom is -0.389 e. The fraction of sp³-hybridized carbons (Fsp3) is 0.238. The van der Waals surface area contributed by atoms with Gasteiger partial charge in [0, 0.05) is 11.4 Å². The molecular formula is C21H20ClN4O3+. The molecule has 0 fully saturated rings. The van der Waals surface area contributed by atoms with Crippen LogP contribution in [0.1, 0.15) is 16.7 Å². The zero-order chi connectivity index (χ0) is 20.7. The number of aliphatic hydroxyl groups excluding tert-OH is 1. The molecule has 0 saturated carbocycles. The van der Waals surface area contributed by atoms with Crippen LogP contribution in [-0.2, 0) is 13.0 Å². The molecule has 4 rings (SSSR count). The summed E-state index contributed by atoms with van der Waals surface area (Å²) in [7, 11) is 0. The van der Waals surface area contributed by atoms with Gasteiger partial charge in [0.1, 0.15) is 12.1 Å². The molecule has 1 atom stereocenters. The molecule has 8 heteroatoms. The van der Waals surface area contributed by atoms with Crippen LogP contribution in [0.15, 0.2) is 46.0 Å². The Labute approximate surface area is 170 Å². The van der Waals surface area contributed by atoms with Crippen molar-refractivity contribution in [3.8, 4) is 0 Å². The summed E-state index contributed by atoms with van der Waals surface area (Å²) in [5.74, 6) is 0. The average Bonchev–Trinajstić information content (AvgIpc) is 2.64. The van der Waals surface area contributed by atoms with Gasteiger partial charge in [-0.15, -0.1) is 0 Å². The molecule has 3 N–H and O–H groups in total. The number of aromatic nitrogens is 4. The molecular weight excluding hydrogens is 392 g/mol. The summed E-state index contributed by atoms with van der Waals surface area (Å²) in [5, 5.41) is 11.4. The van der Waals surface area contributed by atoms with E-state index in [-0.39, 0.29) is 17.7 Å². The van der Waals surface area contributed by atoms with Crippen LogP contribution in [0.3, 0.4) is 0 Å². The van der Waals surface area contributed by atoms with E-state index in [1.54, 1.807) is 16.7 Å². The van der Waals surface area contributed by atoms with Crippen molar-refractivity contribution in [2.45, 2.75) is 32.9 Å².